The highest BCUT2D eigenvalue weighted by Gasteiger charge is 2.18. The van der Waals surface area contributed by atoms with Crippen molar-refractivity contribution in [3.63, 3.8) is 0 Å². The number of nitrogens with two attached hydrogens (primary N) is 1. The lowest BCUT2D eigenvalue weighted by molar-refractivity contribution is -0.116. The molecule has 4 nitrogen and oxygen atoms in total. The van der Waals surface area contributed by atoms with Crippen LogP contribution in [0.1, 0.15) is 12.0 Å². The number of carbonyl (C=O) groups is 1. The minimum absolute atomic E-state index is 0.0316. The van der Waals surface area contributed by atoms with E-state index >= 15 is 0 Å². The lowest BCUT2D eigenvalue weighted by atomic mass is 10.2. The predicted octanol–water partition coefficient (Wildman–Crippen LogP) is 2.66. The third-order valence-electron chi connectivity index (χ3n) is 3.79. The molecule has 0 saturated carbocycles. The third-order valence-corrected chi connectivity index (χ3v) is 3.79. The van der Waals surface area contributed by atoms with E-state index in [-0.39, 0.29) is 5.91 Å². The first-order valence-electron chi connectivity index (χ1n) is 7.20. The van der Waals surface area contributed by atoms with Crippen LogP contribution in [0.5, 0.6) is 0 Å². The summed E-state index contributed by atoms with van der Waals surface area (Å²) in [5, 5.41) is 2.90. The lowest BCUT2D eigenvalue weighted by Crippen LogP contribution is -2.26. The van der Waals surface area contributed by atoms with Crippen molar-refractivity contribution in [3.05, 3.63) is 54.1 Å². The van der Waals surface area contributed by atoms with Crippen molar-refractivity contribution in [2.75, 3.05) is 29.0 Å². The van der Waals surface area contributed by atoms with Crippen molar-refractivity contribution in [2.24, 2.45) is 0 Å². The maximum atomic E-state index is 12.0. The van der Waals surface area contributed by atoms with Crippen LogP contribution in [0, 0.1) is 0 Å². The predicted molar refractivity (Wildman–Crippen MR) is 86.5 cm³/mol. The highest BCUT2D eigenvalue weighted by Crippen LogP contribution is 2.27. The Morgan fingerprint density at radius 2 is 1.90 bits per heavy atom. The Hall–Kier alpha value is -2.49. The molecule has 0 saturated heterocycles. The number of para-hydroxylation sites is 1. The van der Waals surface area contributed by atoms with Gasteiger partial charge in [-0.15, -0.1) is 0 Å². The fourth-order valence-corrected chi connectivity index (χ4v) is 2.67. The van der Waals surface area contributed by atoms with E-state index in [2.05, 4.69) is 28.4 Å². The molecule has 0 spiro atoms. The second-order valence-electron chi connectivity index (χ2n) is 5.29. The molecule has 0 unspecified atom stereocenters. The van der Waals surface area contributed by atoms with Crippen LogP contribution in [-0.2, 0) is 11.2 Å². The molecule has 108 valence electrons. The molecule has 2 aromatic rings. The first kappa shape index (κ1) is 13.5. The van der Waals surface area contributed by atoms with Crippen LogP contribution in [0.3, 0.4) is 0 Å². The van der Waals surface area contributed by atoms with Gasteiger partial charge in [0.2, 0.25) is 5.91 Å². The van der Waals surface area contributed by atoms with Gasteiger partial charge in [0.05, 0.1) is 0 Å². The number of nitrogen functional groups attached to an aromatic ring is 1. The second kappa shape index (κ2) is 5.87. The number of fused-ring (bicyclic) bond motifs is 1. The fraction of sp³-hybridized carbons (Fsp3) is 0.235. The largest absolute Gasteiger partial charge is 0.399 e. The summed E-state index contributed by atoms with van der Waals surface area (Å²) in [5.41, 5.74) is 9.74. The number of anilines is 3. The normalized spacial score (nSPS) is 13.0. The zero-order valence-electron chi connectivity index (χ0n) is 11.9. The van der Waals surface area contributed by atoms with Crippen LogP contribution >= 0.6 is 0 Å². The maximum Gasteiger partial charge on any atom is 0.226 e. The second-order valence-corrected chi connectivity index (χ2v) is 5.29. The molecule has 0 atom stereocenters. The number of rotatable bonds is 4. The molecule has 21 heavy (non-hydrogen) atoms. The molecule has 1 heterocycles. The molecule has 4 heteroatoms. The molecule has 3 N–H and O–H groups in total. The Morgan fingerprint density at radius 1 is 1.14 bits per heavy atom. The molecule has 1 amide bonds. The van der Waals surface area contributed by atoms with Gasteiger partial charge in [-0.1, -0.05) is 18.2 Å². The van der Waals surface area contributed by atoms with E-state index in [1.165, 1.54) is 11.3 Å². The summed E-state index contributed by atoms with van der Waals surface area (Å²) in [7, 11) is 0. The van der Waals surface area contributed by atoms with Gasteiger partial charge in [0.25, 0.3) is 0 Å². The molecule has 3 rings (SSSR count). The summed E-state index contributed by atoms with van der Waals surface area (Å²) in [6.07, 6.45) is 1.55. The molecule has 1 aliphatic rings. The number of nitrogens with one attached hydrogen (secondary N) is 1. The lowest BCUT2D eigenvalue weighted by Gasteiger charge is -2.18. The third kappa shape index (κ3) is 3.16. The number of amides is 1. The van der Waals surface area contributed by atoms with Crippen molar-refractivity contribution in [2.45, 2.75) is 12.8 Å². The fourth-order valence-electron chi connectivity index (χ4n) is 2.67. The summed E-state index contributed by atoms with van der Waals surface area (Å²) in [4.78, 5) is 14.3. The highest BCUT2D eigenvalue weighted by atomic mass is 16.1. The zero-order valence-corrected chi connectivity index (χ0v) is 11.9. The molecule has 0 aromatic heterocycles. The van der Waals surface area contributed by atoms with Crippen molar-refractivity contribution in [1.82, 2.24) is 0 Å². The molecule has 0 radical (unpaired) electrons. The van der Waals surface area contributed by atoms with Crippen molar-refractivity contribution in [1.29, 1.82) is 0 Å². The van der Waals surface area contributed by atoms with Gasteiger partial charge in [-0.05, 0) is 42.3 Å². The number of carbonyl (C=O) groups excluding carboxylic acids is 1. The number of hydrogen-bond donors (Lipinski definition) is 2. The average molecular weight is 281 g/mol. The van der Waals surface area contributed by atoms with Gasteiger partial charge >= 0.3 is 0 Å². The zero-order chi connectivity index (χ0) is 14.7. The van der Waals surface area contributed by atoms with Crippen molar-refractivity contribution in [3.8, 4) is 0 Å². The minimum Gasteiger partial charge on any atom is -0.399 e. The summed E-state index contributed by atoms with van der Waals surface area (Å²) < 4.78 is 0. The Kier molecular flexibility index (Phi) is 3.77. The van der Waals surface area contributed by atoms with E-state index in [0.717, 1.165) is 25.2 Å². The topological polar surface area (TPSA) is 58.4 Å². The van der Waals surface area contributed by atoms with Crippen LogP contribution in [0.25, 0.3) is 0 Å². The van der Waals surface area contributed by atoms with Crippen LogP contribution in [0.4, 0.5) is 17.1 Å². The molecular weight excluding hydrogens is 262 g/mol. The minimum atomic E-state index is 0.0316. The first-order valence-corrected chi connectivity index (χ1v) is 7.20. The van der Waals surface area contributed by atoms with Crippen LogP contribution in [0.2, 0.25) is 0 Å². The first-order chi connectivity index (χ1) is 10.2. The van der Waals surface area contributed by atoms with Crippen LogP contribution in [0.15, 0.2) is 48.5 Å². The van der Waals surface area contributed by atoms with E-state index in [4.69, 9.17) is 5.73 Å². The van der Waals surface area contributed by atoms with E-state index in [1.807, 2.05) is 18.2 Å². The molecule has 0 fully saturated rings. The van der Waals surface area contributed by atoms with Crippen LogP contribution < -0.4 is 16.0 Å². The Bertz CT molecular complexity index is 637. The van der Waals surface area contributed by atoms with Gasteiger partial charge in [-0.2, -0.15) is 0 Å². The molecule has 0 bridgehead atoms. The molecule has 0 aliphatic carbocycles. The summed E-state index contributed by atoms with van der Waals surface area (Å²) in [6.45, 7) is 1.74. The number of nitrogens with zero attached hydrogens (tertiary/aromatic N) is 1. The van der Waals surface area contributed by atoms with Gasteiger partial charge in [0, 0.05) is 36.6 Å². The molecular formula is C17H19N3O. The smallest absolute Gasteiger partial charge is 0.226 e. The Labute approximate surface area is 124 Å². The van der Waals surface area contributed by atoms with Crippen LogP contribution in [-0.4, -0.2) is 19.0 Å². The van der Waals surface area contributed by atoms with E-state index < -0.39 is 0 Å². The number of hydrogen-bond acceptors (Lipinski definition) is 3. The standard InChI is InChI=1S/C17H19N3O/c18-14-5-7-15(8-6-14)19-17(21)10-12-20-11-9-13-3-1-2-4-16(13)20/h1-8H,9-12,18H2,(H,19,21). The van der Waals surface area contributed by atoms with Crippen molar-refractivity contribution < 1.29 is 4.79 Å². The van der Waals surface area contributed by atoms with Gasteiger partial charge < -0.3 is 16.0 Å². The Balaban J connectivity index is 1.54. The monoisotopic (exact) mass is 281 g/mol. The maximum absolute atomic E-state index is 12.0. The van der Waals surface area contributed by atoms with Gasteiger partial charge in [0.1, 0.15) is 0 Å². The van der Waals surface area contributed by atoms with Gasteiger partial charge in [-0.3, -0.25) is 4.79 Å². The quantitative estimate of drug-likeness (QED) is 0.847. The van der Waals surface area contributed by atoms with E-state index in [9.17, 15) is 4.79 Å². The van der Waals surface area contributed by atoms with E-state index in [1.54, 1.807) is 12.1 Å². The van der Waals surface area contributed by atoms with Gasteiger partial charge in [0.15, 0.2) is 0 Å². The highest BCUT2D eigenvalue weighted by molar-refractivity contribution is 5.91. The average Bonchev–Trinajstić information content (AvgIpc) is 2.91. The van der Waals surface area contributed by atoms with Crippen molar-refractivity contribution >= 4 is 23.0 Å². The number of benzene rings is 2. The SMILES string of the molecule is Nc1ccc(NC(=O)CCN2CCc3ccccc32)cc1. The Morgan fingerprint density at radius 3 is 2.71 bits per heavy atom. The van der Waals surface area contributed by atoms with Gasteiger partial charge in [-0.25, -0.2) is 0 Å². The summed E-state index contributed by atoms with van der Waals surface area (Å²) in [5.74, 6) is 0.0316. The molecule has 1 aliphatic heterocycles. The summed E-state index contributed by atoms with van der Waals surface area (Å²) >= 11 is 0. The van der Waals surface area contributed by atoms with E-state index in [0.29, 0.717) is 12.1 Å². The molecule has 2 aromatic carbocycles. The summed E-state index contributed by atoms with van der Waals surface area (Å²) in [6, 6.07) is 15.6.